The zero-order chi connectivity index (χ0) is 17.6. The Hall–Kier alpha value is -2.74. The molecule has 0 saturated carbocycles. The second-order valence-electron chi connectivity index (χ2n) is 4.66. The summed E-state index contributed by atoms with van der Waals surface area (Å²) < 4.78 is 34.5. The fourth-order valence-corrected chi connectivity index (χ4v) is 2.70. The predicted molar refractivity (Wildman–Crippen MR) is 90.2 cm³/mol. The molecule has 0 aliphatic carbocycles. The van der Waals surface area contributed by atoms with E-state index < -0.39 is 10.0 Å². The Morgan fingerprint density at radius 3 is 2.54 bits per heavy atom. The molecule has 0 aliphatic heterocycles. The number of nitrogens with one attached hydrogen (secondary N) is 1. The number of phenols is 1. The van der Waals surface area contributed by atoms with Gasteiger partial charge in [0.05, 0.1) is 24.8 Å². The standard InChI is InChI=1S/C16H18N2O5S/c1-3-23-13-7-9-14(10-8-13)24(20,21)18-17-11-12-5-4-6-15(22-2)16(12)19/h4-11,18-19H,3H2,1-2H3/b17-11+. The van der Waals surface area contributed by atoms with Crippen molar-refractivity contribution in [2.75, 3.05) is 13.7 Å². The van der Waals surface area contributed by atoms with Gasteiger partial charge in [-0.1, -0.05) is 6.07 Å². The van der Waals surface area contributed by atoms with E-state index in [1.165, 1.54) is 25.5 Å². The summed E-state index contributed by atoms with van der Waals surface area (Å²) in [7, 11) is -2.39. The van der Waals surface area contributed by atoms with E-state index in [0.717, 1.165) is 0 Å². The van der Waals surface area contributed by atoms with Gasteiger partial charge in [0.1, 0.15) is 5.75 Å². The minimum atomic E-state index is -3.81. The van der Waals surface area contributed by atoms with Crippen molar-refractivity contribution >= 4 is 16.2 Å². The molecule has 8 heteroatoms. The van der Waals surface area contributed by atoms with Crippen molar-refractivity contribution in [2.45, 2.75) is 11.8 Å². The molecule has 0 radical (unpaired) electrons. The van der Waals surface area contributed by atoms with Crippen molar-refractivity contribution in [3.8, 4) is 17.2 Å². The molecule has 0 fully saturated rings. The first-order chi connectivity index (χ1) is 11.5. The normalized spacial score (nSPS) is 11.4. The van der Waals surface area contributed by atoms with Crippen LogP contribution in [-0.4, -0.2) is 33.5 Å². The topological polar surface area (TPSA) is 97.2 Å². The second-order valence-corrected chi connectivity index (χ2v) is 6.32. The Bertz CT molecular complexity index is 817. The SMILES string of the molecule is CCOc1ccc(S(=O)(=O)N/N=C/c2cccc(OC)c2O)cc1. The number of methoxy groups -OCH3 is 1. The van der Waals surface area contributed by atoms with Crippen LogP contribution in [-0.2, 0) is 10.0 Å². The number of aromatic hydroxyl groups is 1. The molecule has 24 heavy (non-hydrogen) atoms. The fraction of sp³-hybridized carbons (Fsp3) is 0.188. The van der Waals surface area contributed by atoms with Gasteiger partial charge in [0.15, 0.2) is 11.5 Å². The van der Waals surface area contributed by atoms with Gasteiger partial charge in [-0.05, 0) is 43.3 Å². The lowest BCUT2D eigenvalue weighted by molar-refractivity contribution is 0.340. The minimum Gasteiger partial charge on any atom is -0.504 e. The van der Waals surface area contributed by atoms with Gasteiger partial charge >= 0.3 is 0 Å². The van der Waals surface area contributed by atoms with Crippen molar-refractivity contribution in [1.29, 1.82) is 0 Å². The third kappa shape index (κ3) is 4.17. The van der Waals surface area contributed by atoms with Gasteiger partial charge in [-0.2, -0.15) is 13.5 Å². The summed E-state index contributed by atoms with van der Waals surface area (Å²) in [5.41, 5.74) is 0.323. The van der Waals surface area contributed by atoms with Gasteiger partial charge in [-0.3, -0.25) is 0 Å². The van der Waals surface area contributed by atoms with Crippen molar-refractivity contribution in [2.24, 2.45) is 5.10 Å². The summed E-state index contributed by atoms with van der Waals surface area (Å²) in [6.45, 7) is 2.34. The van der Waals surface area contributed by atoms with Crippen LogP contribution in [0, 0.1) is 0 Å². The van der Waals surface area contributed by atoms with Crippen LogP contribution < -0.4 is 14.3 Å². The van der Waals surface area contributed by atoms with Crippen LogP contribution in [0.2, 0.25) is 0 Å². The van der Waals surface area contributed by atoms with Crippen LogP contribution in [0.3, 0.4) is 0 Å². The predicted octanol–water partition coefficient (Wildman–Crippen LogP) is 2.11. The van der Waals surface area contributed by atoms with E-state index in [1.54, 1.807) is 30.3 Å². The number of hydrogen-bond acceptors (Lipinski definition) is 6. The van der Waals surface area contributed by atoms with Gasteiger partial charge in [0, 0.05) is 5.56 Å². The van der Waals surface area contributed by atoms with Crippen LogP contribution in [0.15, 0.2) is 52.5 Å². The number of hydrazone groups is 1. The van der Waals surface area contributed by atoms with Crippen LogP contribution in [0.25, 0.3) is 0 Å². The molecule has 2 aromatic rings. The average Bonchev–Trinajstić information content (AvgIpc) is 2.57. The Balaban J connectivity index is 2.12. The van der Waals surface area contributed by atoms with Crippen molar-refractivity contribution < 1.29 is 23.0 Å². The summed E-state index contributed by atoms with van der Waals surface area (Å²) in [5, 5.41) is 13.6. The van der Waals surface area contributed by atoms with E-state index in [4.69, 9.17) is 9.47 Å². The Kier molecular flexibility index (Phi) is 5.64. The molecule has 2 N–H and O–H groups in total. The lowest BCUT2D eigenvalue weighted by Gasteiger charge is -2.06. The largest absolute Gasteiger partial charge is 0.504 e. The molecule has 0 heterocycles. The van der Waals surface area contributed by atoms with E-state index in [2.05, 4.69) is 9.93 Å². The number of nitrogens with zero attached hydrogens (tertiary/aromatic N) is 1. The highest BCUT2D eigenvalue weighted by atomic mass is 32.2. The van der Waals surface area contributed by atoms with E-state index in [1.807, 2.05) is 6.92 Å². The monoisotopic (exact) mass is 350 g/mol. The first-order valence-corrected chi connectivity index (χ1v) is 8.60. The Labute approximate surface area is 140 Å². The van der Waals surface area contributed by atoms with Gasteiger partial charge in [0.2, 0.25) is 0 Å². The molecule has 7 nitrogen and oxygen atoms in total. The maximum Gasteiger partial charge on any atom is 0.276 e. The highest BCUT2D eigenvalue weighted by Gasteiger charge is 2.13. The Morgan fingerprint density at radius 2 is 1.92 bits per heavy atom. The van der Waals surface area contributed by atoms with Crippen molar-refractivity contribution in [3.05, 3.63) is 48.0 Å². The highest BCUT2D eigenvalue weighted by molar-refractivity contribution is 7.89. The molecule has 0 amide bonds. The first-order valence-electron chi connectivity index (χ1n) is 7.11. The quantitative estimate of drug-likeness (QED) is 0.589. The summed E-state index contributed by atoms with van der Waals surface area (Å²) in [5.74, 6) is 0.735. The molecule has 128 valence electrons. The third-order valence-corrected chi connectivity index (χ3v) is 4.31. The van der Waals surface area contributed by atoms with E-state index >= 15 is 0 Å². The average molecular weight is 350 g/mol. The number of ether oxygens (including phenoxy) is 2. The van der Waals surface area contributed by atoms with E-state index in [9.17, 15) is 13.5 Å². The summed E-state index contributed by atoms with van der Waals surface area (Å²) >= 11 is 0. The number of benzene rings is 2. The summed E-state index contributed by atoms with van der Waals surface area (Å²) in [6.07, 6.45) is 1.20. The van der Waals surface area contributed by atoms with Gasteiger partial charge in [0.25, 0.3) is 10.0 Å². The zero-order valence-electron chi connectivity index (χ0n) is 13.3. The number of hydrogen-bond donors (Lipinski definition) is 2. The summed E-state index contributed by atoms with van der Waals surface area (Å²) in [4.78, 5) is 2.14. The molecule has 2 rings (SSSR count). The zero-order valence-corrected chi connectivity index (χ0v) is 14.1. The molecule has 0 unspecified atom stereocenters. The number of para-hydroxylation sites is 1. The van der Waals surface area contributed by atoms with E-state index in [-0.39, 0.29) is 16.4 Å². The van der Waals surface area contributed by atoms with Crippen molar-refractivity contribution in [3.63, 3.8) is 0 Å². The Morgan fingerprint density at radius 1 is 1.21 bits per heavy atom. The van der Waals surface area contributed by atoms with Crippen LogP contribution in [0.1, 0.15) is 12.5 Å². The van der Waals surface area contributed by atoms with Crippen LogP contribution >= 0.6 is 0 Å². The molecular weight excluding hydrogens is 332 g/mol. The maximum absolute atomic E-state index is 12.1. The second kappa shape index (κ2) is 7.69. The van der Waals surface area contributed by atoms with E-state index in [0.29, 0.717) is 17.9 Å². The number of rotatable bonds is 7. The summed E-state index contributed by atoms with van der Waals surface area (Å²) in [6, 6.07) is 10.8. The van der Waals surface area contributed by atoms with Crippen LogP contribution in [0.5, 0.6) is 17.2 Å². The molecule has 0 saturated heterocycles. The number of sulfonamides is 1. The third-order valence-electron chi connectivity index (χ3n) is 3.07. The van der Waals surface area contributed by atoms with Gasteiger partial charge in [-0.25, -0.2) is 4.83 Å². The van der Waals surface area contributed by atoms with Crippen molar-refractivity contribution in [1.82, 2.24) is 4.83 Å². The lowest BCUT2D eigenvalue weighted by atomic mass is 10.2. The molecule has 0 aromatic heterocycles. The minimum absolute atomic E-state index is 0.0537. The smallest absolute Gasteiger partial charge is 0.276 e. The molecule has 0 atom stereocenters. The lowest BCUT2D eigenvalue weighted by Crippen LogP contribution is -2.18. The molecule has 0 spiro atoms. The highest BCUT2D eigenvalue weighted by Crippen LogP contribution is 2.27. The van der Waals surface area contributed by atoms with Gasteiger partial charge < -0.3 is 14.6 Å². The van der Waals surface area contributed by atoms with Crippen LogP contribution in [0.4, 0.5) is 0 Å². The molecular formula is C16H18N2O5S. The fourth-order valence-electron chi connectivity index (χ4n) is 1.91. The molecule has 2 aromatic carbocycles. The maximum atomic E-state index is 12.1. The first kappa shape index (κ1) is 17.6. The van der Waals surface area contributed by atoms with Gasteiger partial charge in [-0.15, -0.1) is 0 Å². The molecule has 0 aliphatic rings. The molecule has 0 bridgehead atoms. The number of phenolic OH excluding ortho intramolecular Hbond substituents is 1.